The molecule has 19 heavy (non-hydrogen) atoms. The first-order chi connectivity index (χ1) is 9.33. The van der Waals surface area contributed by atoms with Crippen molar-refractivity contribution in [1.82, 2.24) is 25.2 Å². The van der Waals surface area contributed by atoms with Crippen molar-refractivity contribution >= 4 is 0 Å². The molecule has 2 aromatic rings. The quantitative estimate of drug-likeness (QED) is 0.716. The Hall–Kier alpha value is -1.98. The number of hydrogen-bond acceptors (Lipinski definition) is 5. The van der Waals surface area contributed by atoms with Crippen molar-refractivity contribution in [2.45, 2.75) is 39.7 Å². The van der Waals surface area contributed by atoms with Gasteiger partial charge < -0.3 is 4.74 Å². The second-order valence-electron chi connectivity index (χ2n) is 4.24. The van der Waals surface area contributed by atoms with Crippen molar-refractivity contribution in [3.05, 3.63) is 18.3 Å². The third-order valence-corrected chi connectivity index (χ3v) is 2.73. The van der Waals surface area contributed by atoms with Crippen LogP contribution in [0.3, 0.4) is 0 Å². The molecule has 2 aromatic heterocycles. The Bertz CT molecular complexity index is 494. The van der Waals surface area contributed by atoms with Crippen LogP contribution >= 0.6 is 0 Å². The van der Waals surface area contributed by atoms with E-state index in [0.29, 0.717) is 24.9 Å². The van der Waals surface area contributed by atoms with Gasteiger partial charge in [0, 0.05) is 17.8 Å². The third kappa shape index (κ3) is 3.74. The van der Waals surface area contributed by atoms with E-state index in [2.05, 4.69) is 27.3 Å². The number of aryl methyl sites for hydroxylation is 1. The van der Waals surface area contributed by atoms with Crippen LogP contribution < -0.4 is 4.74 Å². The maximum atomic E-state index is 5.55. The summed E-state index contributed by atoms with van der Waals surface area (Å²) in [7, 11) is 0. The number of tetrazole rings is 1. The SMILES string of the molecule is CCCCCOc1ccc(-c2nnn(CC)n2)cn1. The van der Waals surface area contributed by atoms with Crippen molar-refractivity contribution in [3.8, 4) is 17.3 Å². The highest BCUT2D eigenvalue weighted by Crippen LogP contribution is 2.15. The van der Waals surface area contributed by atoms with Crippen molar-refractivity contribution in [1.29, 1.82) is 0 Å². The molecule has 0 fully saturated rings. The van der Waals surface area contributed by atoms with E-state index in [0.717, 1.165) is 12.0 Å². The molecule has 102 valence electrons. The maximum Gasteiger partial charge on any atom is 0.213 e. The smallest absolute Gasteiger partial charge is 0.213 e. The average Bonchev–Trinajstić information content (AvgIpc) is 2.93. The van der Waals surface area contributed by atoms with Crippen LogP contribution in [-0.4, -0.2) is 31.8 Å². The van der Waals surface area contributed by atoms with Gasteiger partial charge >= 0.3 is 0 Å². The molecule has 6 heteroatoms. The molecule has 0 amide bonds. The van der Waals surface area contributed by atoms with Gasteiger partial charge in [-0.05, 0) is 24.6 Å². The Morgan fingerprint density at radius 2 is 2.11 bits per heavy atom. The largest absolute Gasteiger partial charge is 0.478 e. The third-order valence-electron chi connectivity index (χ3n) is 2.73. The van der Waals surface area contributed by atoms with E-state index in [4.69, 9.17) is 4.74 Å². The summed E-state index contributed by atoms with van der Waals surface area (Å²) < 4.78 is 5.55. The number of pyridine rings is 1. The van der Waals surface area contributed by atoms with Crippen LogP contribution in [0, 0.1) is 0 Å². The van der Waals surface area contributed by atoms with Crippen LogP contribution in [0.25, 0.3) is 11.4 Å². The molecule has 0 N–H and O–H groups in total. The lowest BCUT2D eigenvalue weighted by Crippen LogP contribution is -1.99. The van der Waals surface area contributed by atoms with Gasteiger partial charge in [0.25, 0.3) is 0 Å². The van der Waals surface area contributed by atoms with Crippen LogP contribution in [0.2, 0.25) is 0 Å². The molecule has 0 unspecified atom stereocenters. The monoisotopic (exact) mass is 261 g/mol. The Morgan fingerprint density at radius 3 is 2.74 bits per heavy atom. The van der Waals surface area contributed by atoms with Gasteiger partial charge in [-0.3, -0.25) is 0 Å². The van der Waals surface area contributed by atoms with Crippen molar-refractivity contribution < 1.29 is 4.74 Å². The summed E-state index contributed by atoms with van der Waals surface area (Å²) in [6.45, 7) is 5.56. The summed E-state index contributed by atoms with van der Waals surface area (Å²) >= 11 is 0. The van der Waals surface area contributed by atoms with Crippen molar-refractivity contribution in [2.75, 3.05) is 6.61 Å². The zero-order chi connectivity index (χ0) is 13.5. The second-order valence-corrected chi connectivity index (χ2v) is 4.24. The molecule has 0 aliphatic carbocycles. The average molecular weight is 261 g/mol. The summed E-state index contributed by atoms with van der Waals surface area (Å²) in [6.07, 6.45) is 5.15. The molecular weight excluding hydrogens is 242 g/mol. The first-order valence-corrected chi connectivity index (χ1v) is 6.70. The molecule has 0 radical (unpaired) electrons. The van der Waals surface area contributed by atoms with Gasteiger partial charge in [-0.15, -0.1) is 10.2 Å². The normalized spacial score (nSPS) is 10.6. The molecule has 0 aliphatic rings. The molecule has 0 saturated heterocycles. The lowest BCUT2D eigenvalue weighted by Gasteiger charge is -2.04. The van der Waals surface area contributed by atoms with Crippen molar-refractivity contribution in [2.24, 2.45) is 0 Å². The minimum atomic E-state index is 0.590. The zero-order valence-electron chi connectivity index (χ0n) is 11.4. The molecule has 0 aromatic carbocycles. The highest BCUT2D eigenvalue weighted by molar-refractivity contribution is 5.52. The van der Waals surface area contributed by atoms with E-state index in [1.165, 1.54) is 12.8 Å². The van der Waals surface area contributed by atoms with Gasteiger partial charge in [0.2, 0.25) is 11.7 Å². The minimum absolute atomic E-state index is 0.590. The van der Waals surface area contributed by atoms with E-state index in [1.54, 1.807) is 11.0 Å². The fraction of sp³-hybridized carbons (Fsp3) is 0.538. The van der Waals surface area contributed by atoms with Gasteiger partial charge in [0.15, 0.2) is 0 Å². The molecule has 6 nitrogen and oxygen atoms in total. The summed E-state index contributed by atoms with van der Waals surface area (Å²) in [5.74, 6) is 1.23. The molecule has 2 heterocycles. The summed E-state index contributed by atoms with van der Waals surface area (Å²) in [5.41, 5.74) is 0.848. The topological polar surface area (TPSA) is 65.7 Å². The van der Waals surface area contributed by atoms with E-state index < -0.39 is 0 Å². The number of ether oxygens (including phenoxy) is 1. The van der Waals surface area contributed by atoms with Crippen LogP contribution in [0.1, 0.15) is 33.1 Å². The molecular formula is C13H19N5O. The van der Waals surface area contributed by atoms with Crippen LogP contribution in [0.5, 0.6) is 5.88 Å². The molecule has 2 rings (SSSR count). The van der Waals surface area contributed by atoms with Gasteiger partial charge in [-0.25, -0.2) is 4.98 Å². The van der Waals surface area contributed by atoms with E-state index in [1.807, 2.05) is 19.1 Å². The number of nitrogens with zero attached hydrogens (tertiary/aromatic N) is 5. The first-order valence-electron chi connectivity index (χ1n) is 6.70. The van der Waals surface area contributed by atoms with Gasteiger partial charge in [-0.2, -0.15) is 4.80 Å². The number of rotatable bonds is 7. The first kappa shape index (κ1) is 13.5. The Kier molecular flexibility index (Phi) is 4.83. The van der Waals surface area contributed by atoms with Gasteiger partial charge in [-0.1, -0.05) is 19.8 Å². The van der Waals surface area contributed by atoms with Crippen molar-refractivity contribution in [3.63, 3.8) is 0 Å². The Labute approximate surface area is 112 Å². The lowest BCUT2D eigenvalue weighted by atomic mass is 10.2. The molecule has 0 aliphatic heterocycles. The number of unbranched alkanes of at least 4 members (excludes halogenated alkanes) is 2. The zero-order valence-corrected chi connectivity index (χ0v) is 11.4. The molecule has 0 bridgehead atoms. The Morgan fingerprint density at radius 1 is 1.21 bits per heavy atom. The fourth-order valence-corrected chi connectivity index (χ4v) is 1.62. The standard InChI is InChI=1S/C13H19N5O/c1-3-5-6-9-19-12-8-7-11(10-14-12)13-15-17-18(4-2)16-13/h7-8,10H,3-6,9H2,1-2H3. The fourth-order valence-electron chi connectivity index (χ4n) is 1.62. The molecule has 0 atom stereocenters. The number of hydrogen-bond donors (Lipinski definition) is 0. The van der Waals surface area contributed by atoms with Gasteiger partial charge in [0.05, 0.1) is 13.2 Å². The minimum Gasteiger partial charge on any atom is -0.478 e. The summed E-state index contributed by atoms with van der Waals surface area (Å²) in [5, 5.41) is 12.1. The predicted octanol–water partition coefficient (Wildman–Crippen LogP) is 2.32. The van der Waals surface area contributed by atoms with E-state index in [9.17, 15) is 0 Å². The van der Waals surface area contributed by atoms with E-state index >= 15 is 0 Å². The van der Waals surface area contributed by atoms with E-state index in [-0.39, 0.29) is 0 Å². The second kappa shape index (κ2) is 6.82. The molecule has 0 saturated carbocycles. The van der Waals surface area contributed by atoms with Crippen LogP contribution in [0.4, 0.5) is 0 Å². The molecule has 0 spiro atoms. The predicted molar refractivity (Wildman–Crippen MR) is 71.7 cm³/mol. The van der Waals surface area contributed by atoms with Gasteiger partial charge in [0.1, 0.15) is 0 Å². The summed E-state index contributed by atoms with van der Waals surface area (Å²) in [4.78, 5) is 5.79. The lowest BCUT2D eigenvalue weighted by molar-refractivity contribution is 0.295. The summed E-state index contributed by atoms with van der Waals surface area (Å²) in [6, 6.07) is 3.74. The van der Waals surface area contributed by atoms with Crippen LogP contribution in [0.15, 0.2) is 18.3 Å². The number of aromatic nitrogens is 5. The Balaban J connectivity index is 1.94. The highest BCUT2D eigenvalue weighted by atomic mass is 16.5. The van der Waals surface area contributed by atoms with Crippen LogP contribution in [-0.2, 0) is 6.54 Å². The highest BCUT2D eigenvalue weighted by Gasteiger charge is 2.06. The maximum absolute atomic E-state index is 5.55.